The number of fused-ring (bicyclic) bond motifs is 1. The molecule has 0 spiro atoms. The van der Waals surface area contributed by atoms with Crippen molar-refractivity contribution < 1.29 is 0 Å². The summed E-state index contributed by atoms with van der Waals surface area (Å²) in [6, 6.07) is 4.98. The Hall–Kier alpha value is -1.13. The van der Waals surface area contributed by atoms with Gasteiger partial charge < -0.3 is 10.6 Å². The summed E-state index contributed by atoms with van der Waals surface area (Å²) in [4.78, 5) is 9.61. The van der Waals surface area contributed by atoms with Crippen LogP contribution in [0.5, 0.6) is 0 Å². The molecule has 2 saturated heterocycles. The van der Waals surface area contributed by atoms with Gasteiger partial charge in [0, 0.05) is 37.9 Å². The topological polar surface area (TPSA) is 45.4 Å². The third kappa shape index (κ3) is 2.74. The highest BCUT2D eigenvalue weighted by atomic mass is 15.3. The number of hydrogen-bond donors (Lipinski definition) is 1. The minimum absolute atomic E-state index is 0.0812. The van der Waals surface area contributed by atoms with Crippen molar-refractivity contribution in [3.63, 3.8) is 0 Å². The highest BCUT2D eigenvalue weighted by Crippen LogP contribution is 2.25. The van der Waals surface area contributed by atoms with Crippen LogP contribution in [-0.2, 0) is 0 Å². The summed E-state index contributed by atoms with van der Waals surface area (Å²) >= 11 is 0. The van der Waals surface area contributed by atoms with Crippen LogP contribution in [0.25, 0.3) is 0 Å². The number of rotatable bonds is 2. The average molecular weight is 260 g/mol. The van der Waals surface area contributed by atoms with Crippen LogP contribution in [0.15, 0.2) is 18.3 Å². The van der Waals surface area contributed by atoms with E-state index in [1.807, 2.05) is 19.2 Å². The Balaban J connectivity index is 1.74. The van der Waals surface area contributed by atoms with Crippen molar-refractivity contribution in [1.29, 1.82) is 0 Å². The molecule has 2 N–H and O–H groups in total. The summed E-state index contributed by atoms with van der Waals surface area (Å²) in [7, 11) is 0. The quantitative estimate of drug-likeness (QED) is 0.880. The smallest absolute Gasteiger partial charge is 0.128 e. The van der Waals surface area contributed by atoms with Gasteiger partial charge in [-0.2, -0.15) is 0 Å². The number of nitrogens with zero attached hydrogens (tertiary/aromatic N) is 3. The molecule has 1 unspecified atom stereocenters. The van der Waals surface area contributed by atoms with Crippen molar-refractivity contribution in [2.24, 2.45) is 5.73 Å². The largest absolute Gasteiger partial charge is 0.354 e. The summed E-state index contributed by atoms with van der Waals surface area (Å²) in [5, 5.41) is 0. The number of aromatic nitrogens is 1. The van der Waals surface area contributed by atoms with Crippen LogP contribution in [0.4, 0.5) is 5.82 Å². The van der Waals surface area contributed by atoms with Gasteiger partial charge in [0.05, 0.1) is 0 Å². The first-order chi connectivity index (χ1) is 9.24. The van der Waals surface area contributed by atoms with Crippen molar-refractivity contribution in [3.8, 4) is 0 Å². The van der Waals surface area contributed by atoms with Crippen LogP contribution in [0.3, 0.4) is 0 Å². The van der Waals surface area contributed by atoms with Gasteiger partial charge in [0.15, 0.2) is 0 Å². The van der Waals surface area contributed by atoms with E-state index < -0.39 is 0 Å². The summed E-state index contributed by atoms with van der Waals surface area (Å²) in [6.07, 6.45) is 5.97. The van der Waals surface area contributed by atoms with Crippen molar-refractivity contribution in [1.82, 2.24) is 9.88 Å². The van der Waals surface area contributed by atoms with Gasteiger partial charge in [-0.1, -0.05) is 6.42 Å². The Morgan fingerprint density at radius 3 is 3.05 bits per heavy atom. The molecule has 19 heavy (non-hydrogen) atoms. The molecule has 0 aliphatic carbocycles. The molecular weight excluding hydrogens is 236 g/mol. The van der Waals surface area contributed by atoms with Crippen LogP contribution in [-0.4, -0.2) is 42.1 Å². The second kappa shape index (κ2) is 5.47. The van der Waals surface area contributed by atoms with E-state index >= 15 is 0 Å². The SMILES string of the molecule is C[C@@H](N)c1ccnc(N2CCN3CCCCC3C2)c1. The summed E-state index contributed by atoms with van der Waals surface area (Å²) < 4.78 is 0. The molecule has 4 heteroatoms. The molecule has 104 valence electrons. The fourth-order valence-electron chi connectivity index (χ4n) is 3.25. The lowest BCUT2D eigenvalue weighted by Gasteiger charge is -2.44. The molecule has 2 aliphatic heterocycles. The minimum Gasteiger partial charge on any atom is -0.354 e. The zero-order chi connectivity index (χ0) is 13.2. The molecule has 2 aliphatic rings. The first kappa shape index (κ1) is 12.9. The third-order valence-electron chi connectivity index (χ3n) is 4.46. The van der Waals surface area contributed by atoms with E-state index in [2.05, 4.69) is 20.9 Å². The van der Waals surface area contributed by atoms with Crippen molar-refractivity contribution >= 4 is 5.82 Å². The molecule has 3 heterocycles. The summed E-state index contributed by atoms with van der Waals surface area (Å²) in [6.45, 7) is 6.69. The molecule has 0 saturated carbocycles. The van der Waals surface area contributed by atoms with Crippen LogP contribution in [0.2, 0.25) is 0 Å². The highest BCUT2D eigenvalue weighted by Gasteiger charge is 2.29. The number of pyridine rings is 1. The zero-order valence-electron chi connectivity index (χ0n) is 11.8. The van der Waals surface area contributed by atoms with Gasteiger partial charge in [-0.05, 0) is 44.0 Å². The molecule has 0 radical (unpaired) electrons. The Labute approximate surface area is 115 Å². The van der Waals surface area contributed by atoms with E-state index in [0.29, 0.717) is 0 Å². The lowest BCUT2D eigenvalue weighted by atomic mass is 9.99. The maximum absolute atomic E-state index is 5.96. The van der Waals surface area contributed by atoms with Crippen molar-refractivity contribution in [2.45, 2.75) is 38.3 Å². The monoisotopic (exact) mass is 260 g/mol. The van der Waals surface area contributed by atoms with E-state index in [1.54, 1.807) is 0 Å². The number of piperazine rings is 1. The van der Waals surface area contributed by atoms with Crippen molar-refractivity contribution in [2.75, 3.05) is 31.1 Å². The maximum atomic E-state index is 5.96. The van der Waals surface area contributed by atoms with Crippen LogP contribution in [0, 0.1) is 0 Å². The molecule has 1 aromatic heterocycles. The Bertz CT molecular complexity index is 432. The Kier molecular flexibility index (Phi) is 3.71. The normalized spacial score (nSPS) is 26.0. The lowest BCUT2D eigenvalue weighted by molar-refractivity contribution is 0.133. The van der Waals surface area contributed by atoms with Crippen LogP contribution < -0.4 is 10.6 Å². The van der Waals surface area contributed by atoms with E-state index in [9.17, 15) is 0 Å². The Morgan fingerprint density at radius 2 is 2.21 bits per heavy atom. The predicted octanol–water partition coefficient (Wildman–Crippen LogP) is 1.78. The number of hydrogen-bond acceptors (Lipinski definition) is 4. The summed E-state index contributed by atoms with van der Waals surface area (Å²) in [5.74, 6) is 1.10. The second-order valence-electron chi connectivity index (χ2n) is 5.87. The molecular formula is C15H24N4. The van der Waals surface area contributed by atoms with Gasteiger partial charge in [-0.15, -0.1) is 0 Å². The molecule has 2 fully saturated rings. The van der Waals surface area contributed by atoms with Crippen LogP contribution >= 0.6 is 0 Å². The molecule has 0 aromatic carbocycles. The molecule has 1 aromatic rings. The molecule has 0 amide bonds. The number of nitrogens with two attached hydrogens (primary N) is 1. The van der Waals surface area contributed by atoms with E-state index in [-0.39, 0.29) is 6.04 Å². The van der Waals surface area contributed by atoms with E-state index in [4.69, 9.17) is 5.73 Å². The van der Waals surface area contributed by atoms with Gasteiger partial charge in [-0.3, -0.25) is 4.90 Å². The maximum Gasteiger partial charge on any atom is 0.128 e. The van der Waals surface area contributed by atoms with Gasteiger partial charge in [0.2, 0.25) is 0 Å². The lowest BCUT2D eigenvalue weighted by Crippen LogP contribution is -2.55. The average Bonchev–Trinajstić information content (AvgIpc) is 2.47. The summed E-state index contributed by atoms with van der Waals surface area (Å²) in [5.41, 5.74) is 7.14. The minimum atomic E-state index is 0.0812. The molecule has 2 atom stereocenters. The molecule has 4 nitrogen and oxygen atoms in total. The second-order valence-corrected chi connectivity index (χ2v) is 5.87. The fraction of sp³-hybridized carbons (Fsp3) is 0.667. The highest BCUT2D eigenvalue weighted by molar-refractivity contribution is 5.42. The van der Waals surface area contributed by atoms with Crippen LogP contribution in [0.1, 0.15) is 37.8 Å². The van der Waals surface area contributed by atoms with Gasteiger partial charge in [-0.25, -0.2) is 4.98 Å². The fourth-order valence-corrected chi connectivity index (χ4v) is 3.25. The van der Waals surface area contributed by atoms with Crippen molar-refractivity contribution in [3.05, 3.63) is 23.9 Å². The van der Waals surface area contributed by atoms with Gasteiger partial charge in [0.25, 0.3) is 0 Å². The van der Waals surface area contributed by atoms with Gasteiger partial charge >= 0.3 is 0 Å². The number of anilines is 1. The molecule has 3 rings (SSSR count). The predicted molar refractivity (Wildman–Crippen MR) is 78.3 cm³/mol. The first-order valence-electron chi connectivity index (χ1n) is 7.44. The zero-order valence-corrected chi connectivity index (χ0v) is 11.8. The first-order valence-corrected chi connectivity index (χ1v) is 7.44. The number of piperidine rings is 1. The van der Waals surface area contributed by atoms with E-state index in [0.717, 1.165) is 24.9 Å². The van der Waals surface area contributed by atoms with E-state index in [1.165, 1.54) is 37.9 Å². The molecule has 0 bridgehead atoms. The van der Waals surface area contributed by atoms with Gasteiger partial charge in [0.1, 0.15) is 5.82 Å². The third-order valence-corrected chi connectivity index (χ3v) is 4.46. The standard InChI is InChI=1S/C15H24N4/c1-12(16)13-5-6-17-15(10-13)19-9-8-18-7-3-2-4-14(18)11-19/h5-6,10,12,14H,2-4,7-9,11,16H2,1H3/t12-,14?/m1/s1. The Morgan fingerprint density at radius 1 is 1.32 bits per heavy atom.